The van der Waals surface area contributed by atoms with Crippen molar-refractivity contribution in [1.82, 2.24) is 0 Å². The van der Waals surface area contributed by atoms with Crippen molar-refractivity contribution < 1.29 is 19.4 Å². The lowest BCUT2D eigenvalue weighted by Crippen LogP contribution is -2.01. The van der Waals surface area contributed by atoms with Crippen molar-refractivity contribution in [3.8, 4) is 5.75 Å². The Balaban J connectivity index is 3.12. The van der Waals surface area contributed by atoms with Gasteiger partial charge < -0.3 is 10.2 Å². The molecule has 0 atom stereocenters. The third-order valence-corrected chi connectivity index (χ3v) is 1.63. The monoisotopic (exact) mass is 184 g/mol. The number of aryl methyl sites for hydroxylation is 1. The summed E-state index contributed by atoms with van der Waals surface area (Å²) < 4.78 is 12.8. The zero-order valence-electron chi connectivity index (χ0n) is 7.04. The molecule has 0 radical (unpaired) electrons. The molecule has 3 nitrogen and oxygen atoms in total. The lowest BCUT2D eigenvalue weighted by Gasteiger charge is -2.03. The molecule has 0 heterocycles. The third kappa shape index (κ3) is 2.18. The maximum Gasteiger partial charge on any atom is 0.307 e. The molecular weight excluding hydrogens is 175 g/mol. The van der Waals surface area contributed by atoms with Crippen molar-refractivity contribution in [3.63, 3.8) is 0 Å². The summed E-state index contributed by atoms with van der Waals surface area (Å²) in [6.07, 6.45) is -0.371. The zero-order chi connectivity index (χ0) is 10.0. The van der Waals surface area contributed by atoms with E-state index in [0.29, 0.717) is 5.56 Å². The van der Waals surface area contributed by atoms with E-state index in [1.807, 2.05) is 0 Å². The first kappa shape index (κ1) is 9.51. The first-order valence-corrected chi connectivity index (χ1v) is 3.70. The van der Waals surface area contributed by atoms with E-state index in [2.05, 4.69) is 0 Å². The molecule has 0 spiro atoms. The van der Waals surface area contributed by atoms with Gasteiger partial charge in [0.25, 0.3) is 0 Å². The highest BCUT2D eigenvalue weighted by molar-refractivity contribution is 5.71. The second-order valence-corrected chi connectivity index (χ2v) is 2.82. The Hall–Kier alpha value is -1.58. The maximum absolute atomic E-state index is 12.8. The Kier molecular flexibility index (Phi) is 2.51. The Bertz CT molecular complexity index is 347. The number of carbonyl (C=O) groups is 1. The highest BCUT2D eigenvalue weighted by Crippen LogP contribution is 2.23. The lowest BCUT2D eigenvalue weighted by atomic mass is 10.1. The molecule has 70 valence electrons. The SMILES string of the molecule is Cc1cc(F)c(O)c(CC(=O)O)c1. The fourth-order valence-electron chi connectivity index (χ4n) is 1.10. The number of hydrogen-bond donors (Lipinski definition) is 2. The molecule has 1 rings (SSSR count). The summed E-state index contributed by atoms with van der Waals surface area (Å²) in [4.78, 5) is 10.3. The Labute approximate surface area is 74.4 Å². The number of benzene rings is 1. The van der Waals surface area contributed by atoms with Crippen LogP contribution in [0.3, 0.4) is 0 Å². The van der Waals surface area contributed by atoms with Crippen LogP contribution in [0.15, 0.2) is 12.1 Å². The average Bonchev–Trinajstić information content (AvgIpc) is 1.98. The number of halogens is 1. The van der Waals surface area contributed by atoms with Gasteiger partial charge in [0.2, 0.25) is 0 Å². The molecule has 0 saturated carbocycles. The van der Waals surface area contributed by atoms with Gasteiger partial charge in [0.05, 0.1) is 6.42 Å². The van der Waals surface area contributed by atoms with Gasteiger partial charge in [-0.1, -0.05) is 6.07 Å². The van der Waals surface area contributed by atoms with Crippen molar-refractivity contribution in [3.05, 3.63) is 29.1 Å². The summed E-state index contributed by atoms with van der Waals surface area (Å²) in [5.41, 5.74) is 0.691. The molecule has 13 heavy (non-hydrogen) atoms. The van der Waals surface area contributed by atoms with Crippen molar-refractivity contribution in [2.75, 3.05) is 0 Å². The van der Waals surface area contributed by atoms with Crippen LogP contribution in [0.1, 0.15) is 11.1 Å². The average molecular weight is 184 g/mol. The Morgan fingerprint density at radius 3 is 2.69 bits per heavy atom. The topological polar surface area (TPSA) is 57.5 Å². The van der Waals surface area contributed by atoms with E-state index >= 15 is 0 Å². The smallest absolute Gasteiger partial charge is 0.307 e. The van der Waals surface area contributed by atoms with Crippen LogP contribution in [-0.4, -0.2) is 16.2 Å². The number of carboxylic acids is 1. The highest BCUT2D eigenvalue weighted by atomic mass is 19.1. The summed E-state index contributed by atoms with van der Waals surface area (Å²) in [6, 6.07) is 2.60. The number of aliphatic carboxylic acids is 1. The van der Waals surface area contributed by atoms with Crippen LogP contribution in [0, 0.1) is 12.7 Å². The molecule has 0 aliphatic heterocycles. The Morgan fingerprint density at radius 1 is 1.54 bits per heavy atom. The largest absolute Gasteiger partial charge is 0.505 e. The second-order valence-electron chi connectivity index (χ2n) is 2.82. The van der Waals surface area contributed by atoms with Gasteiger partial charge in [0, 0.05) is 5.56 Å². The standard InChI is InChI=1S/C9H9FO3/c1-5-2-6(4-8(11)12)9(13)7(10)3-5/h2-3,13H,4H2,1H3,(H,11,12). The van der Waals surface area contributed by atoms with Crippen molar-refractivity contribution in [1.29, 1.82) is 0 Å². The predicted molar refractivity (Wildman–Crippen MR) is 44.1 cm³/mol. The quantitative estimate of drug-likeness (QED) is 0.731. The summed E-state index contributed by atoms with van der Waals surface area (Å²) >= 11 is 0. The molecule has 1 aromatic rings. The van der Waals surface area contributed by atoms with Gasteiger partial charge in [0.1, 0.15) is 0 Å². The second kappa shape index (κ2) is 3.43. The molecule has 1 aromatic carbocycles. The number of aromatic hydroxyl groups is 1. The molecule has 0 fully saturated rings. The highest BCUT2D eigenvalue weighted by Gasteiger charge is 2.10. The third-order valence-electron chi connectivity index (χ3n) is 1.63. The molecule has 0 aliphatic carbocycles. The fourth-order valence-corrected chi connectivity index (χ4v) is 1.10. The van der Waals surface area contributed by atoms with Crippen LogP contribution in [0.4, 0.5) is 4.39 Å². The Morgan fingerprint density at radius 2 is 2.15 bits per heavy atom. The minimum atomic E-state index is -1.10. The first-order valence-electron chi connectivity index (χ1n) is 3.70. The van der Waals surface area contributed by atoms with Gasteiger partial charge >= 0.3 is 5.97 Å². The number of rotatable bonds is 2. The summed E-state index contributed by atoms with van der Waals surface area (Å²) in [6.45, 7) is 1.63. The van der Waals surface area contributed by atoms with E-state index in [0.717, 1.165) is 6.07 Å². The van der Waals surface area contributed by atoms with E-state index < -0.39 is 17.5 Å². The van der Waals surface area contributed by atoms with Gasteiger partial charge in [-0.25, -0.2) is 4.39 Å². The van der Waals surface area contributed by atoms with E-state index in [1.165, 1.54) is 6.07 Å². The number of carboxylic acid groups (broad SMARTS) is 1. The predicted octanol–water partition coefficient (Wildman–Crippen LogP) is 1.47. The van der Waals surface area contributed by atoms with Gasteiger partial charge in [-0.15, -0.1) is 0 Å². The van der Waals surface area contributed by atoms with Gasteiger partial charge in [-0.2, -0.15) is 0 Å². The van der Waals surface area contributed by atoms with Gasteiger partial charge in [-0.05, 0) is 18.6 Å². The molecule has 2 N–H and O–H groups in total. The summed E-state index contributed by atoms with van der Waals surface area (Å²) in [7, 11) is 0. The van der Waals surface area contributed by atoms with Crippen molar-refractivity contribution >= 4 is 5.97 Å². The van der Waals surface area contributed by atoms with Crippen LogP contribution in [0.25, 0.3) is 0 Å². The molecule has 0 bridgehead atoms. The van der Waals surface area contributed by atoms with Crippen molar-refractivity contribution in [2.45, 2.75) is 13.3 Å². The normalized spacial score (nSPS) is 10.0. The minimum Gasteiger partial charge on any atom is -0.505 e. The molecule has 4 heteroatoms. The van der Waals surface area contributed by atoms with E-state index in [4.69, 9.17) is 10.2 Å². The lowest BCUT2D eigenvalue weighted by molar-refractivity contribution is -0.136. The molecular formula is C9H9FO3. The molecule has 0 unspecified atom stereocenters. The molecule has 0 aliphatic rings. The molecule has 0 aromatic heterocycles. The molecule has 0 amide bonds. The number of phenolic OH excluding ortho intramolecular Hbond substituents is 1. The summed E-state index contributed by atoms with van der Waals surface area (Å²) in [5.74, 6) is -2.45. The van der Waals surface area contributed by atoms with Gasteiger partial charge in [-0.3, -0.25) is 4.79 Å². The van der Waals surface area contributed by atoms with Crippen LogP contribution >= 0.6 is 0 Å². The zero-order valence-corrected chi connectivity index (χ0v) is 7.04. The van der Waals surface area contributed by atoms with E-state index in [-0.39, 0.29) is 12.0 Å². The summed E-state index contributed by atoms with van der Waals surface area (Å²) in [5, 5.41) is 17.6. The van der Waals surface area contributed by atoms with Crippen LogP contribution < -0.4 is 0 Å². The first-order chi connectivity index (χ1) is 6.00. The fraction of sp³-hybridized carbons (Fsp3) is 0.222. The van der Waals surface area contributed by atoms with E-state index in [9.17, 15) is 9.18 Å². The van der Waals surface area contributed by atoms with Crippen LogP contribution in [-0.2, 0) is 11.2 Å². The minimum absolute atomic E-state index is 0.102. The van der Waals surface area contributed by atoms with E-state index in [1.54, 1.807) is 6.92 Å². The van der Waals surface area contributed by atoms with Crippen LogP contribution in [0.2, 0.25) is 0 Å². The van der Waals surface area contributed by atoms with Crippen LogP contribution in [0.5, 0.6) is 5.75 Å². The van der Waals surface area contributed by atoms with Gasteiger partial charge in [0.15, 0.2) is 11.6 Å². The maximum atomic E-state index is 12.8. The van der Waals surface area contributed by atoms with Crippen molar-refractivity contribution in [2.24, 2.45) is 0 Å². The molecule has 0 saturated heterocycles. The number of phenols is 1. The number of hydrogen-bond acceptors (Lipinski definition) is 2.